The number of methoxy groups -OCH3 is 1. The molecule has 132 valence electrons. The number of pyridine rings is 1. The molecule has 1 aliphatic carbocycles. The number of carbonyl (C=O) groups is 1. The van der Waals surface area contributed by atoms with E-state index in [1.54, 1.807) is 17.7 Å². The number of hydrogen-bond donors (Lipinski definition) is 1. The van der Waals surface area contributed by atoms with Crippen LogP contribution < -0.4 is 10.9 Å². The Balaban J connectivity index is 2.02. The van der Waals surface area contributed by atoms with E-state index < -0.39 is 5.82 Å². The summed E-state index contributed by atoms with van der Waals surface area (Å²) in [6.45, 7) is 0.725. The molecule has 1 heterocycles. The molecule has 5 nitrogen and oxygen atoms in total. The first kappa shape index (κ1) is 17.4. The SMILES string of the molecule is COCCn1c(NC2CCC2)c(C(=O)c2ccc(F)cc2)ccc1=O. The highest BCUT2D eigenvalue weighted by Crippen LogP contribution is 2.26. The smallest absolute Gasteiger partial charge is 0.252 e. The maximum Gasteiger partial charge on any atom is 0.252 e. The van der Waals surface area contributed by atoms with E-state index in [9.17, 15) is 14.0 Å². The van der Waals surface area contributed by atoms with Crippen LogP contribution in [0.25, 0.3) is 0 Å². The van der Waals surface area contributed by atoms with Crippen molar-refractivity contribution < 1.29 is 13.9 Å². The van der Waals surface area contributed by atoms with E-state index >= 15 is 0 Å². The predicted molar refractivity (Wildman–Crippen MR) is 93.7 cm³/mol. The minimum atomic E-state index is -0.394. The quantitative estimate of drug-likeness (QED) is 0.785. The first-order chi connectivity index (χ1) is 12.1. The van der Waals surface area contributed by atoms with E-state index in [2.05, 4.69) is 5.32 Å². The van der Waals surface area contributed by atoms with E-state index in [0.717, 1.165) is 19.3 Å². The summed E-state index contributed by atoms with van der Waals surface area (Å²) in [5.74, 6) is -0.119. The first-order valence-electron chi connectivity index (χ1n) is 8.39. The zero-order valence-electron chi connectivity index (χ0n) is 14.1. The zero-order valence-corrected chi connectivity index (χ0v) is 14.1. The maximum absolute atomic E-state index is 13.1. The molecule has 1 aromatic carbocycles. The van der Waals surface area contributed by atoms with Crippen molar-refractivity contribution in [3.8, 4) is 0 Å². The number of ether oxygens (including phenoxy) is 1. The second kappa shape index (κ2) is 7.61. The zero-order chi connectivity index (χ0) is 17.8. The molecular weight excluding hydrogens is 323 g/mol. The fourth-order valence-electron chi connectivity index (χ4n) is 2.83. The molecule has 1 saturated carbocycles. The lowest BCUT2D eigenvalue weighted by Crippen LogP contribution is -2.34. The van der Waals surface area contributed by atoms with Crippen LogP contribution in [0.15, 0.2) is 41.2 Å². The van der Waals surface area contributed by atoms with E-state index in [-0.39, 0.29) is 17.4 Å². The van der Waals surface area contributed by atoms with Crippen molar-refractivity contribution in [3.05, 3.63) is 63.7 Å². The van der Waals surface area contributed by atoms with Crippen LogP contribution in [0, 0.1) is 5.82 Å². The van der Waals surface area contributed by atoms with Gasteiger partial charge in [0.05, 0.1) is 18.7 Å². The number of ketones is 1. The van der Waals surface area contributed by atoms with Gasteiger partial charge >= 0.3 is 0 Å². The number of aromatic nitrogens is 1. The number of anilines is 1. The molecule has 25 heavy (non-hydrogen) atoms. The second-order valence-corrected chi connectivity index (χ2v) is 6.19. The molecule has 0 aliphatic heterocycles. The summed E-state index contributed by atoms with van der Waals surface area (Å²) in [5, 5.41) is 3.34. The van der Waals surface area contributed by atoms with Gasteiger partial charge in [0, 0.05) is 24.8 Å². The summed E-state index contributed by atoms with van der Waals surface area (Å²) >= 11 is 0. The monoisotopic (exact) mass is 344 g/mol. The Morgan fingerprint density at radius 2 is 1.96 bits per heavy atom. The number of carbonyl (C=O) groups excluding carboxylic acids is 1. The Hall–Kier alpha value is -2.47. The van der Waals surface area contributed by atoms with Crippen molar-refractivity contribution in [3.63, 3.8) is 0 Å². The van der Waals surface area contributed by atoms with Crippen LogP contribution >= 0.6 is 0 Å². The Bertz CT molecular complexity index is 810. The van der Waals surface area contributed by atoms with Crippen LogP contribution in [0.3, 0.4) is 0 Å². The average Bonchev–Trinajstić information content (AvgIpc) is 2.57. The van der Waals surface area contributed by atoms with Crippen molar-refractivity contribution in [2.24, 2.45) is 0 Å². The molecule has 0 saturated heterocycles. The van der Waals surface area contributed by atoms with Gasteiger partial charge in [0.1, 0.15) is 11.6 Å². The number of halogens is 1. The number of benzene rings is 1. The average molecular weight is 344 g/mol. The summed E-state index contributed by atoms with van der Waals surface area (Å²) in [4.78, 5) is 25.2. The third-order valence-corrected chi connectivity index (χ3v) is 4.50. The molecule has 3 rings (SSSR count). The van der Waals surface area contributed by atoms with Gasteiger partial charge in [-0.05, 0) is 49.6 Å². The standard InChI is InChI=1S/C19H21FN2O3/c1-25-12-11-22-17(23)10-9-16(19(22)21-15-3-2-4-15)18(24)13-5-7-14(20)8-6-13/h5-10,15,21H,2-4,11-12H2,1H3. The lowest BCUT2D eigenvalue weighted by atomic mass is 9.92. The van der Waals surface area contributed by atoms with Crippen LogP contribution in [-0.2, 0) is 11.3 Å². The van der Waals surface area contributed by atoms with Crippen molar-refractivity contribution >= 4 is 11.6 Å². The molecular formula is C19H21FN2O3. The Morgan fingerprint density at radius 1 is 1.24 bits per heavy atom. The van der Waals surface area contributed by atoms with Gasteiger partial charge in [-0.3, -0.25) is 14.2 Å². The number of hydrogen-bond acceptors (Lipinski definition) is 4. The Kier molecular flexibility index (Phi) is 5.28. The van der Waals surface area contributed by atoms with Crippen LogP contribution in [0.2, 0.25) is 0 Å². The summed E-state index contributed by atoms with van der Waals surface area (Å²) in [6.07, 6.45) is 3.16. The van der Waals surface area contributed by atoms with Gasteiger partial charge in [0.2, 0.25) is 0 Å². The first-order valence-corrected chi connectivity index (χ1v) is 8.39. The minimum Gasteiger partial charge on any atom is -0.383 e. The lowest BCUT2D eigenvalue weighted by molar-refractivity contribution is 0.103. The molecule has 1 fully saturated rings. The highest BCUT2D eigenvalue weighted by molar-refractivity contribution is 6.11. The fourth-order valence-corrected chi connectivity index (χ4v) is 2.83. The summed E-state index contributed by atoms with van der Waals surface area (Å²) in [5.41, 5.74) is 0.610. The van der Waals surface area contributed by atoms with Crippen LogP contribution in [0.5, 0.6) is 0 Å². The van der Waals surface area contributed by atoms with Gasteiger partial charge in [0.25, 0.3) is 5.56 Å². The lowest BCUT2D eigenvalue weighted by Gasteiger charge is -2.30. The highest BCUT2D eigenvalue weighted by atomic mass is 19.1. The van der Waals surface area contributed by atoms with Gasteiger partial charge in [-0.25, -0.2) is 4.39 Å². The molecule has 2 aromatic rings. The number of rotatable bonds is 7. The van der Waals surface area contributed by atoms with Gasteiger partial charge in [0.15, 0.2) is 5.78 Å². The Labute approximate surface area is 145 Å². The Morgan fingerprint density at radius 3 is 2.56 bits per heavy atom. The molecule has 0 bridgehead atoms. The largest absolute Gasteiger partial charge is 0.383 e. The third kappa shape index (κ3) is 3.79. The van der Waals surface area contributed by atoms with Crippen LogP contribution in [0.4, 0.5) is 10.2 Å². The molecule has 1 aliphatic rings. The normalized spacial score (nSPS) is 14.2. The van der Waals surface area contributed by atoms with E-state index in [4.69, 9.17) is 4.74 Å². The van der Waals surface area contributed by atoms with Gasteiger partial charge in [-0.15, -0.1) is 0 Å². The van der Waals surface area contributed by atoms with Gasteiger partial charge in [-0.1, -0.05) is 0 Å². The van der Waals surface area contributed by atoms with Gasteiger partial charge in [-0.2, -0.15) is 0 Å². The summed E-state index contributed by atoms with van der Waals surface area (Å²) in [6, 6.07) is 8.61. The number of nitrogens with zero attached hydrogens (tertiary/aromatic N) is 1. The van der Waals surface area contributed by atoms with E-state index in [1.807, 2.05) is 0 Å². The molecule has 0 amide bonds. The molecule has 0 atom stereocenters. The van der Waals surface area contributed by atoms with E-state index in [0.29, 0.717) is 30.1 Å². The number of nitrogens with one attached hydrogen (secondary N) is 1. The molecule has 0 spiro atoms. The minimum absolute atomic E-state index is 0.186. The molecule has 0 radical (unpaired) electrons. The maximum atomic E-state index is 13.1. The predicted octanol–water partition coefficient (Wildman–Crippen LogP) is 2.83. The van der Waals surface area contributed by atoms with Crippen molar-refractivity contribution in [1.82, 2.24) is 4.57 Å². The highest BCUT2D eigenvalue weighted by Gasteiger charge is 2.23. The molecule has 0 unspecified atom stereocenters. The molecule has 1 aromatic heterocycles. The van der Waals surface area contributed by atoms with Crippen LogP contribution in [-0.4, -0.2) is 30.1 Å². The van der Waals surface area contributed by atoms with Crippen molar-refractivity contribution in [2.75, 3.05) is 19.0 Å². The topological polar surface area (TPSA) is 60.3 Å². The third-order valence-electron chi connectivity index (χ3n) is 4.50. The van der Waals surface area contributed by atoms with Crippen LogP contribution in [0.1, 0.15) is 35.2 Å². The summed E-state index contributed by atoms with van der Waals surface area (Å²) < 4.78 is 19.8. The van der Waals surface area contributed by atoms with Crippen molar-refractivity contribution in [1.29, 1.82) is 0 Å². The molecule has 1 N–H and O–H groups in total. The van der Waals surface area contributed by atoms with Gasteiger partial charge < -0.3 is 10.1 Å². The van der Waals surface area contributed by atoms with Crippen molar-refractivity contribution in [2.45, 2.75) is 31.8 Å². The summed E-state index contributed by atoms with van der Waals surface area (Å²) in [7, 11) is 1.57. The van der Waals surface area contributed by atoms with E-state index in [1.165, 1.54) is 30.3 Å². The molecule has 6 heteroatoms. The second-order valence-electron chi connectivity index (χ2n) is 6.19. The fraction of sp³-hybridized carbons (Fsp3) is 0.368.